The highest BCUT2D eigenvalue weighted by atomic mass is 16.4. The lowest BCUT2D eigenvalue weighted by atomic mass is 10.1. The Hall–Kier alpha value is -2.89. The molecule has 1 N–H and O–H groups in total. The summed E-state index contributed by atoms with van der Waals surface area (Å²) in [4.78, 5) is 24.1. The molecule has 22 heavy (non-hydrogen) atoms. The predicted octanol–water partition coefficient (Wildman–Crippen LogP) is 1.76. The quantitative estimate of drug-likeness (QED) is 0.747. The molecular formula is C16H15N3O3. The first kappa shape index (κ1) is 14.1. The molecule has 1 amide bonds. The lowest BCUT2D eigenvalue weighted by Crippen LogP contribution is -2.27. The van der Waals surface area contributed by atoms with Crippen molar-refractivity contribution < 1.29 is 9.21 Å². The standard InChI is InChI=1S/C16H15N3O3/c1-10-12(9-19(2)18-10)8-17-15(20)13-7-11-5-3-4-6-14(11)22-16(13)21/h3-7,9H,8H2,1-2H3,(H,17,20). The van der Waals surface area contributed by atoms with E-state index in [-0.39, 0.29) is 5.56 Å². The second-order valence-electron chi connectivity index (χ2n) is 5.08. The molecule has 112 valence electrons. The number of fused-ring (bicyclic) bond motifs is 1. The fraction of sp³-hybridized carbons (Fsp3) is 0.188. The van der Waals surface area contributed by atoms with E-state index >= 15 is 0 Å². The van der Waals surface area contributed by atoms with Gasteiger partial charge in [0.05, 0.1) is 5.69 Å². The molecule has 6 nitrogen and oxygen atoms in total. The van der Waals surface area contributed by atoms with E-state index in [1.54, 1.807) is 28.9 Å². The number of carbonyl (C=O) groups is 1. The number of carbonyl (C=O) groups excluding carboxylic acids is 1. The van der Waals surface area contributed by atoms with E-state index in [1.807, 2.05) is 26.2 Å². The van der Waals surface area contributed by atoms with Crippen LogP contribution >= 0.6 is 0 Å². The van der Waals surface area contributed by atoms with Crippen LogP contribution in [0.25, 0.3) is 11.0 Å². The van der Waals surface area contributed by atoms with Crippen LogP contribution in [0.15, 0.2) is 45.7 Å². The van der Waals surface area contributed by atoms with Gasteiger partial charge in [-0.05, 0) is 19.1 Å². The number of nitrogens with one attached hydrogen (secondary N) is 1. The zero-order valence-corrected chi connectivity index (χ0v) is 12.3. The molecule has 0 aliphatic carbocycles. The van der Waals surface area contributed by atoms with Crippen molar-refractivity contribution in [3.8, 4) is 0 Å². The molecule has 0 bridgehead atoms. The van der Waals surface area contributed by atoms with Crippen molar-refractivity contribution in [3.63, 3.8) is 0 Å². The molecule has 1 aromatic carbocycles. The van der Waals surface area contributed by atoms with E-state index in [4.69, 9.17) is 4.42 Å². The van der Waals surface area contributed by atoms with Gasteiger partial charge in [-0.3, -0.25) is 9.48 Å². The summed E-state index contributed by atoms with van der Waals surface area (Å²) in [6.07, 6.45) is 1.83. The molecule has 3 aromatic rings. The highest BCUT2D eigenvalue weighted by Gasteiger charge is 2.14. The number of benzene rings is 1. The van der Waals surface area contributed by atoms with Gasteiger partial charge in [-0.1, -0.05) is 18.2 Å². The summed E-state index contributed by atoms with van der Waals surface area (Å²) in [7, 11) is 1.82. The summed E-state index contributed by atoms with van der Waals surface area (Å²) >= 11 is 0. The fourth-order valence-electron chi connectivity index (χ4n) is 2.31. The van der Waals surface area contributed by atoms with Crippen molar-refractivity contribution in [1.82, 2.24) is 15.1 Å². The zero-order chi connectivity index (χ0) is 15.7. The molecule has 0 saturated heterocycles. The Morgan fingerprint density at radius 3 is 2.86 bits per heavy atom. The topological polar surface area (TPSA) is 77.1 Å². The summed E-state index contributed by atoms with van der Waals surface area (Å²) < 4.78 is 6.84. The second-order valence-corrected chi connectivity index (χ2v) is 5.08. The Labute approximate surface area is 126 Å². The van der Waals surface area contributed by atoms with Crippen LogP contribution in [0.2, 0.25) is 0 Å². The summed E-state index contributed by atoms with van der Waals surface area (Å²) in [5.74, 6) is -0.456. The predicted molar refractivity (Wildman–Crippen MR) is 81.6 cm³/mol. The summed E-state index contributed by atoms with van der Waals surface area (Å²) in [5, 5.41) is 7.64. The smallest absolute Gasteiger partial charge is 0.349 e. The van der Waals surface area contributed by atoms with Crippen molar-refractivity contribution >= 4 is 16.9 Å². The van der Waals surface area contributed by atoms with Crippen LogP contribution in [0, 0.1) is 6.92 Å². The van der Waals surface area contributed by atoms with Gasteiger partial charge in [-0.2, -0.15) is 5.10 Å². The lowest BCUT2D eigenvalue weighted by molar-refractivity contribution is 0.0947. The van der Waals surface area contributed by atoms with E-state index < -0.39 is 11.5 Å². The minimum Gasteiger partial charge on any atom is -0.422 e. The van der Waals surface area contributed by atoms with Crippen LogP contribution in [0.3, 0.4) is 0 Å². The summed E-state index contributed by atoms with van der Waals surface area (Å²) in [6, 6.07) is 8.63. The number of aryl methyl sites for hydroxylation is 2. The normalized spacial score (nSPS) is 10.8. The average Bonchev–Trinajstić information content (AvgIpc) is 2.82. The first-order valence-corrected chi connectivity index (χ1v) is 6.85. The minimum absolute atomic E-state index is 0.000225. The second kappa shape index (κ2) is 5.48. The molecule has 0 atom stereocenters. The van der Waals surface area contributed by atoms with Gasteiger partial charge in [0, 0.05) is 30.7 Å². The molecule has 0 spiro atoms. The van der Waals surface area contributed by atoms with Gasteiger partial charge < -0.3 is 9.73 Å². The van der Waals surface area contributed by atoms with E-state index in [2.05, 4.69) is 10.4 Å². The molecule has 2 aromatic heterocycles. The van der Waals surface area contributed by atoms with Gasteiger partial charge in [0.25, 0.3) is 5.91 Å². The molecule has 0 aliphatic rings. The number of nitrogens with zero attached hydrogens (tertiary/aromatic N) is 2. The van der Waals surface area contributed by atoms with E-state index in [9.17, 15) is 9.59 Å². The van der Waals surface area contributed by atoms with Crippen molar-refractivity contribution in [3.05, 3.63) is 63.8 Å². The van der Waals surface area contributed by atoms with Gasteiger partial charge in [-0.15, -0.1) is 0 Å². The van der Waals surface area contributed by atoms with Gasteiger partial charge in [0.15, 0.2) is 0 Å². The van der Waals surface area contributed by atoms with Crippen molar-refractivity contribution in [2.75, 3.05) is 0 Å². The van der Waals surface area contributed by atoms with Gasteiger partial charge in [0.2, 0.25) is 0 Å². The maximum absolute atomic E-state index is 12.2. The van der Waals surface area contributed by atoms with Crippen LogP contribution < -0.4 is 10.9 Å². The zero-order valence-electron chi connectivity index (χ0n) is 12.3. The minimum atomic E-state index is -0.640. The number of hydrogen-bond donors (Lipinski definition) is 1. The Kier molecular flexibility index (Phi) is 3.50. The number of aromatic nitrogens is 2. The monoisotopic (exact) mass is 297 g/mol. The van der Waals surface area contributed by atoms with Crippen LogP contribution in [0.5, 0.6) is 0 Å². The molecule has 2 heterocycles. The Bertz CT molecular complexity index is 908. The molecule has 0 saturated carbocycles. The third-order valence-corrected chi connectivity index (χ3v) is 3.44. The maximum atomic E-state index is 12.2. The van der Waals surface area contributed by atoms with E-state index in [0.717, 1.165) is 11.3 Å². The fourth-order valence-corrected chi connectivity index (χ4v) is 2.31. The highest BCUT2D eigenvalue weighted by molar-refractivity contribution is 5.96. The first-order chi connectivity index (χ1) is 10.5. The number of amides is 1. The van der Waals surface area contributed by atoms with Crippen LogP contribution in [-0.4, -0.2) is 15.7 Å². The molecule has 3 rings (SSSR count). The third kappa shape index (κ3) is 2.63. The maximum Gasteiger partial charge on any atom is 0.349 e. The highest BCUT2D eigenvalue weighted by Crippen LogP contribution is 2.12. The number of hydrogen-bond acceptors (Lipinski definition) is 4. The van der Waals surface area contributed by atoms with Crippen LogP contribution in [0.4, 0.5) is 0 Å². The molecule has 0 aliphatic heterocycles. The van der Waals surface area contributed by atoms with E-state index in [1.165, 1.54) is 0 Å². The number of para-hydroxylation sites is 1. The lowest BCUT2D eigenvalue weighted by Gasteiger charge is -2.04. The average molecular weight is 297 g/mol. The third-order valence-electron chi connectivity index (χ3n) is 3.44. The van der Waals surface area contributed by atoms with Crippen molar-refractivity contribution in [2.45, 2.75) is 13.5 Å². The Balaban J connectivity index is 1.84. The molecule has 6 heteroatoms. The Morgan fingerprint density at radius 1 is 1.36 bits per heavy atom. The van der Waals surface area contributed by atoms with Gasteiger partial charge >= 0.3 is 5.63 Å². The van der Waals surface area contributed by atoms with Crippen LogP contribution in [0.1, 0.15) is 21.6 Å². The Morgan fingerprint density at radius 2 is 2.14 bits per heavy atom. The number of rotatable bonds is 3. The van der Waals surface area contributed by atoms with E-state index in [0.29, 0.717) is 17.5 Å². The van der Waals surface area contributed by atoms with Gasteiger partial charge in [-0.25, -0.2) is 4.79 Å². The SMILES string of the molecule is Cc1nn(C)cc1CNC(=O)c1cc2ccccc2oc1=O. The first-order valence-electron chi connectivity index (χ1n) is 6.85. The molecule has 0 fully saturated rings. The van der Waals surface area contributed by atoms with Crippen LogP contribution in [-0.2, 0) is 13.6 Å². The largest absolute Gasteiger partial charge is 0.422 e. The van der Waals surface area contributed by atoms with Gasteiger partial charge in [0.1, 0.15) is 11.1 Å². The van der Waals surface area contributed by atoms with Crippen molar-refractivity contribution in [1.29, 1.82) is 0 Å². The summed E-state index contributed by atoms with van der Waals surface area (Å²) in [6.45, 7) is 2.18. The molecular weight excluding hydrogens is 282 g/mol. The summed E-state index contributed by atoms with van der Waals surface area (Å²) in [5.41, 5.74) is 1.57. The molecule has 0 unspecified atom stereocenters. The molecule has 0 radical (unpaired) electrons. The van der Waals surface area contributed by atoms with Crippen molar-refractivity contribution in [2.24, 2.45) is 7.05 Å².